The zero-order chi connectivity index (χ0) is 13.7. The normalized spacial score (nSPS) is 9.47. The van der Waals surface area contributed by atoms with Crippen molar-refractivity contribution >= 4 is 40.3 Å². The number of anilines is 2. The summed E-state index contributed by atoms with van der Waals surface area (Å²) in [6, 6.07) is 10.6. The molecule has 0 bridgehead atoms. The topological polar surface area (TPSA) is 60.7 Å². The SMILES string of the molecule is N#Cc1ccc(Cl)cc1NC(=S)Nc1cccnc1. The molecule has 0 amide bonds. The van der Waals surface area contributed by atoms with Crippen molar-refractivity contribution in [3.63, 3.8) is 0 Å². The van der Waals surface area contributed by atoms with Gasteiger partial charge in [-0.05, 0) is 42.5 Å². The van der Waals surface area contributed by atoms with E-state index in [0.29, 0.717) is 21.4 Å². The number of thiocarbonyl (C=S) groups is 1. The van der Waals surface area contributed by atoms with E-state index < -0.39 is 0 Å². The molecule has 0 unspecified atom stereocenters. The summed E-state index contributed by atoms with van der Waals surface area (Å²) in [6.45, 7) is 0. The third kappa shape index (κ3) is 3.65. The Hall–Kier alpha value is -2.16. The van der Waals surface area contributed by atoms with Gasteiger partial charge >= 0.3 is 0 Å². The van der Waals surface area contributed by atoms with Crippen LogP contribution in [0.5, 0.6) is 0 Å². The summed E-state index contributed by atoms with van der Waals surface area (Å²) >= 11 is 11.1. The lowest BCUT2D eigenvalue weighted by molar-refractivity contribution is 1.33. The Kier molecular flexibility index (Phi) is 4.29. The average molecular weight is 289 g/mol. The summed E-state index contributed by atoms with van der Waals surface area (Å²) in [5.41, 5.74) is 1.80. The van der Waals surface area contributed by atoms with Crippen LogP contribution in [0.4, 0.5) is 11.4 Å². The number of benzene rings is 1. The van der Waals surface area contributed by atoms with Crippen LogP contribution < -0.4 is 10.6 Å². The first kappa shape index (κ1) is 13.3. The van der Waals surface area contributed by atoms with Gasteiger partial charge in [-0.15, -0.1) is 0 Å². The molecule has 0 saturated heterocycles. The maximum Gasteiger partial charge on any atom is 0.175 e. The van der Waals surface area contributed by atoms with E-state index >= 15 is 0 Å². The van der Waals surface area contributed by atoms with E-state index in [9.17, 15) is 0 Å². The van der Waals surface area contributed by atoms with Crippen LogP contribution in [0, 0.1) is 11.3 Å². The fraction of sp³-hybridized carbons (Fsp3) is 0. The Morgan fingerprint density at radius 2 is 2.16 bits per heavy atom. The summed E-state index contributed by atoms with van der Waals surface area (Å²) < 4.78 is 0. The van der Waals surface area contributed by atoms with Crippen molar-refractivity contribution < 1.29 is 0 Å². The zero-order valence-electron chi connectivity index (χ0n) is 9.72. The smallest absolute Gasteiger partial charge is 0.175 e. The van der Waals surface area contributed by atoms with Crippen LogP contribution in [0.1, 0.15) is 5.56 Å². The second-order valence-electron chi connectivity index (χ2n) is 3.62. The molecule has 0 fully saturated rings. The van der Waals surface area contributed by atoms with E-state index in [0.717, 1.165) is 5.69 Å². The third-order valence-corrected chi connectivity index (χ3v) is 2.71. The number of nitriles is 1. The van der Waals surface area contributed by atoms with E-state index in [1.807, 2.05) is 6.07 Å². The minimum Gasteiger partial charge on any atom is -0.331 e. The molecule has 2 N–H and O–H groups in total. The second kappa shape index (κ2) is 6.14. The van der Waals surface area contributed by atoms with E-state index in [4.69, 9.17) is 29.1 Å². The third-order valence-electron chi connectivity index (χ3n) is 2.27. The van der Waals surface area contributed by atoms with Gasteiger partial charge < -0.3 is 10.6 Å². The Bertz CT molecular complexity index is 637. The highest BCUT2D eigenvalue weighted by Crippen LogP contribution is 2.20. The molecule has 1 heterocycles. The number of rotatable bonds is 2. The monoisotopic (exact) mass is 288 g/mol. The molecule has 0 radical (unpaired) electrons. The molecule has 0 atom stereocenters. The van der Waals surface area contributed by atoms with E-state index in [2.05, 4.69) is 21.7 Å². The van der Waals surface area contributed by atoms with Gasteiger partial charge in [-0.25, -0.2) is 0 Å². The molecule has 6 heteroatoms. The maximum absolute atomic E-state index is 9.01. The molecule has 0 aliphatic carbocycles. The van der Waals surface area contributed by atoms with Gasteiger partial charge in [0.15, 0.2) is 5.11 Å². The molecule has 4 nitrogen and oxygen atoms in total. The predicted octanol–water partition coefficient (Wildman–Crippen LogP) is 3.42. The largest absolute Gasteiger partial charge is 0.331 e. The van der Waals surface area contributed by atoms with Crippen LogP contribution >= 0.6 is 23.8 Å². The summed E-state index contributed by atoms with van der Waals surface area (Å²) in [7, 11) is 0. The van der Waals surface area contributed by atoms with Gasteiger partial charge in [-0.1, -0.05) is 11.6 Å². The molecule has 2 rings (SSSR count). The summed E-state index contributed by atoms with van der Waals surface area (Å²) in [4.78, 5) is 3.97. The molecule has 2 aromatic rings. The highest BCUT2D eigenvalue weighted by atomic mass is 35.5. The average Bonchev–Trinajstić information content (AvgIpc) is 2.40. The van der Waals surface area contributed by atoms with Gasteiger partial charge in [0.25, 0.3) is 0 Å². The fourth-order valence-corrected chi connectivity index (χ4v) is 1.84. The van der Waals surface area contributed by atoms with Crippen molar-refractivity contribution in [1.82, 2.24) is 4.98 Å². The van der Waals surface area contributed by atoms with Gasteiger partial charge in [0.1, 0.15) is 6.07 Å². The summed E-state index contributed by atoms with van der Waals surface area (Å²) in [5.74, 6) is 0. The highest BCUT2D eigenvalue weighted by Gasteiger charge is 2.05. The number of aromatic nitrogens is 1. The number of nitrogens with one attached hydrogen (secondary N) is 2. The minimum atomic E-state index is 0.367. The lowest BCUT2D eigenvalue weighted by Gasteiger charge is -2.11. The lowest BCUT2D eigenvalue weighted by Crippen LogP contribution is -2.19. The molecule has 1 aromatic heterocycles. The van der Waals surface area contributed by atoms with E-state index in [1.54, 1.807) is 36.7 Å². The second-order valence-corrected chi connectivity index (χ2v) is 4.47. The Labute approximate surface area is 121 Å². The minimum absolute atomic E-state index is 0.367. The van der Waals surface area contributed by atoms with Crippen molar-refractivity contribution in [1.29, 1.82) is 5.26 Å². The number of hydrogen-bond donors (Lipinski definition) is 2. The summed E-state index contributed by atoms with van der Waals surface area (Å²) in [6.07, 6.45) is 3.32. The van der Waals surface area contributed by atoms with Crippen LogP contribution in [0.3, 0.4) is 0 Å². The van der Waals surface area contributed by atoms with Crippen LogP contribution in [-0.2, 0) is 0 Å². The standard InChI is InChI=1S/C13H9ClN4S/c14-10-4-3-9(7-15)12(6-10)18-13(19)17-11-2-1-5-16-8-11/h1-6,8H,(H2,17,18,19). The Morgan fingerprint density at radius 3 is 2.84 bits per heavy atom. The van der Waals surface area contributed by atoms with Gasteiger partial charge in [0, 0.05) is 11.2 Å². The summed E-state index contributed by atoms with van der Waals surface area (Å²) in [5, 5.41) is 15.8. The van der Waals surface area contributed by atoms with Crippen LogP contribution in [-0.4, -0.2) is 10.1 Å². The van der Waals surface area contributed by atoms with Crippen molar-refractivity contribution in [2.75, 3.05) is 10.6 Å². The van der Waals surface area contributed by atoms with E-state index in [-0.39, 0.29) is 0 Å². The molecule has 0 aliphatic rings. The van der Waals surface area contributed by atoms with Crippen LogP contribution in [0.15, 0.2) is 42.7 Å². The van der Waals surface area contributed by atoms with Gasteiger partial charge in [-0.2, -0.15) is 5.26 Å². The van der Waals surface area contributed by atoms with Crippen LogP contribution in [0.2, 0.25) is 5.02 Å². The number of nitrogens with zero attached hydrogens (tertiary/aromatic N) is 2. The molecule has 19 heavy (non-hydrogen) atoms. The Morgan fingerprint density at radius 1 is 1.32 bits per heavy atom. The van der Waals surface area contributed by atoms with Gasteiger partial charge in [0.2, 0.25) is 0 Å². The Balaban J connectivity index is 2.11. The molecular weight excluding hydrogens is 280 g/mol. The fourth-order valence-electron chi connectivity index (χ4n) is 1.44. The van der Waals surface area contributed by atoms with Crippen molar-refractivity contribution in [3.05, 3.63) is 53.3 Å². The molecule has 0 aliphatic heterocycles. The molecule has 1 aromatic carbocycles. The lowest BCUT2D eigenvalue weighted by atomic mass is 10.2. The maximum atomic E-state index is 9.01. The first-order chi connectivity index (χ1) is 9.19. The number of pyridine rings is 1. The molecule has 94 valence electrons. The van der Waals surface area contributed by atoms with Crippen LogP contribution in [0.25, 0.3) is 0 Å². The van der Waals surface area contributed by atoms with Crippen molar-refractivity contribution in [3.8, 4) is 6.07 Å². The number of hydrogen-bond acceptors (Lipinski definition) is 3. The first-order valence-corrected chi connectivity index (χ1v) is 6.15. The number of halogens is 1. The first-order valence-electron chi connectivity index (χ1n) is 5.37. The van der Waals surface area contributed by atoms with Crippen molar-refractivity contribution in [2.45, 2.75) is 0 Å². The zero-order valence-corrected chi connectivity index (χ0v) is 11.3. The van der Waals surface area contributed by atoms with Gasteiger partial charge in [0.05, 0.1) is 23.1 Å². The quantitative estimate of drug-likeness (QED) is 0.829. The molecule has 0 saturated carbocycles. The molecule has 0 spiro atoms. The highest BCUT2D eigenvalue weighted by molar-refractivity contribution is 7.80. The van der Waals surface area contributed by atoms with E-state index in [1.165, 1.54) is 0 Å². The van der Waals surface area contributed by atoms with Gasteiger partial charge in [-0.3, -0.25) is 4.98 Å². The van der Waals surface area contributed by atoms with Crippen molar-refractivity contribution in [2.24, 2.45) is 0 Å². The predicted molar refractivity (Wildman–Crippen MR) is 80.2 cm³/mol. The molecular formula is C13H9ClN4S.